The molecule has 1 fully saturated rings. The Morgan fingerprint density at radius 1 is 1.17 bits per heavy atom. The molecule has 9 nitrogen and oxygen atoms in total. The van der Waals surface area contributed by atoms with Crippen molar-refractivity contribution in [1.29, 1.82) is 0 Å². The summed E-state index contributed by atoms with van der Waals surface area (Å²) < 4.78 is 10.4. The first kappa shape index (κ1) is 26.0. The van der Waals surface area contributed by atoms with Crippen molar-refractivity contribution in [3.8, 4) is 5.75 Å². The fraction of sp³-hybridized carbons (Fsp3) is 0.423. The summed E-state index contributed by atoms with van der Waals surface area (Å²) >= 11 is 0. The van der Waals surface area contributed by atoms with Crippen LogP contribution < -0.4 is 4.74 Å². The van der Waals surface area contributed by atoms with E-state index in [1.165, 1.54) is 4.90 Å². The largest absolute Gasteiger partial charge is 0.507 e. The second-order valence-corrected chi connectivity index (χ2v) is 8.77. The fourth-order valence-corrected chi connectivity index (χ4v) is 4.45. The molecule has 188 valence electrons. The number of nitrogens with zero attached hydrogens (tertiary/aromatic N) is 2. The number of amides is 1. The van der Waals surface area contributed by atoms with E-state index in [1.54, 1.807) is 52.1 Å². The molecule has 1 aliphatic heterocycles. The van der Waals surface area contributed by atoms with Gasteiger partial charge in [-0.2, -0.15) is 0 Å². The molecule has 0 aliphatic carbocycles. The lowest BCUT2D eigenvalue weighted by atomic mass is 9.94. The average Bonchev–Trinajstić information content (AvgIpc) is 3.26. The van der Waals surface area contributed by atoms with Crippen LogP contribution in [0.15, 0.2) is 29.8 Å². The predicted molar refractivity (Wildman–Crippen MR) is 131 cm³/mol. The summed E-state index contributed by atoms with van der Waals surface area (Å²) in [7, 11) is 5.43. The number of rotatable bonds is 9. The van der Waals surface area contributed by atoms with Gasteiger partial charge in [0, 0.05) is 17.8 Å². The third kappa shape index (κ3) is 5.09. The van der Waals surface area contributed by atoms with Gasteiger partial charge < -0.3 is 29.4 Å². The number of carbonyl (C=O) groups is 3. The zero-order valence-corrected chi connectivity index (χ0v) is 21.1. The monoisotopic (exact) mass is 483 g/mol. The molecule has 1 aromatic carbocycles. The lowest BCUT2D eigenvalue weighted by Crippen LogP contribution is -2.32. The van der Waals surface area contributed by atoms with Crippen molar-refractivity contribution in [2.75, 3.05) is 40.9 Å². The van der Waals surface area contributed by atoms with E-state index in [9.17, 15) is 19.5 Å². The van der Waals surface area contributed by atoms with Gasteiger partial charge in [-0.05, 0) is 71.1 Å². The normalized spacial score (nSPS) is 17.3. The molecule has 3 rings (SSSR count). The predicted octanol–water partition coefficient (Wildman–Crippen LogP) is 3.19. The number of methoxy groups -OCH3 is 1. The summed E-state index contributed by atoms with van der Waals surface area (Å²) in [5.41, 5.74) is 2.13. The van der Waals surface area contributed by atoms with Crippen LogP contribution in [-0.4, -0.2) is 78.5 Å². The van der Waals surface area contributed by atoms with Crippen LogP contribution in [0.3, 0.4) is 0 Å². The highest BCUT2D eigenvalue weighted by molar-refractivity contribution is 6.46. The number of aromatic amines is 1. The molecule has 1 amide bonds. The number of carbonyl (C=O) groups excluding carboxylic acids is 3. The molecule has 0 unspecified atom stereocenters. The van der Waals surface area contributed by atoms with Crippen molar-refractivity contribution >= 4 is 23.4 Å². The number of aliphatic hydroxyl groups excluding tert-OH is 1. The number of Topliss-reactive ketones (excluding diaryl/α,β-unsaturated/α-hetero) is 1. The lowest BCUT2D eigenvalue weighted by molar-refractivity contribution is -0.139. The molecule has 0 saturated carbocycles. The highest BCUT2D eigenvalue weighted by Gasteiger charge is 2.46. The van der Waals surface area contributed by atoms with Gasteiger partial charge in [-0.25, -0.2) is 4.79 Å². The number of aryl methyl sites for hydroxylation is 1. The van der Waals surface area contributed by atoms with E-state index in [1.807, 2.05) is 19.0 Å². The second-order valence-electron chi connectivity index (χ2n) is 8.77. The maximum atomic E-state index is 13.3. The van der Waals surface area contributed by atoms with Crippen LogP contribution in [0.1, 0.15) is 52.3 Å². The number of aliphatic hydroxyl groups is 1. The standard InChI is InChI=1S/C26H33N3O6/c1-7-35-26(33)21-15(2)19(16(3)27-21)23(30)20-22(17-9-11-18(34-6)12-10-17)29(25(32)24(20)31)14-8-13-28(4)5/h9-12,22,27,30H,7-8,13-14H2,1-6H3/t22-/m1/s1. The van der Waals surface area contributed by atoms with Crippen LogP contribution in [0.4, 0.5) is 0 Å². The number of H-pyrrole nitrogens is 1. The lowest BCUT2D eigenvalue weighted by Gasteiger charge is -2.26. The van der Waals surface area contributed by atoms with Gasteiger partial charge in [0.15, 0.2) is 0 Å². The minimum absolute atomic E-state index is 0.00868. The molecule has 0 bridgehead atoms. The van der Waals surface area contributed by atoms with Crippen molar-refractivity contribution in [2.45, 2.75) is 33.2 Å². The number of ketones is 1. The van der Waals surface area contributed by atoms with Gasteiger partial charge >= 0.3 is 5.97 Å². The van der Waals surface area contributed by atoms with Crippen LogP contribution >= 0.6 is 0 Å². The zero-order valence-electron chi connectivity index (χ0n) is 21.1. The minimum Gasteiger partial charge on any atom is -0.507 e. The van der Waals surface area contributed by atoms with Gasteiger partial charge in [-0.15, -0.1) is 0 Å². The summed E-state index contributed by atoms with van der Waals surface area (Å²) in [4.78, 5) is 45.2. The molecule has 9 heteroatoms. The van der Waals surface area contributed by atoms with E-state index in [0.717, 1.165) is 6.54 Å². The number of nitrogens with one attached hydrogen (secondary N) is 1. The molecule has 35 heavy (non-hydrogen) atoms. The number of likely N-dealkylation sites (tertiary alicyclic amines) is 1. The highest BCUT2D eigenvalue weighted by atomic mass is 16.5. The molecule has 1 aliphatic rings. The molecule has 0 radical (unpaired) electrons. The maximum Gasteiger partial charge on any atom is 0.355 e. The van der Waals surface area contributed by atoms with Crippen LogP contribution in [-0.2, 0) is 14.3 Å². The Kier molecular flexibility index (Phi) is 8.01. The molecule has 1 saturated heterocycles. The van der Waals surface area contributed by atoms with Gasteiger partial charge in [0.2, 0.25) is 0 Å². The first-order valence-corrected chi connectivity index (χ1v) is 11.6. The summed E-state index contributed by atoms with van der Waals surface area (Å²) in [6.45, 7) is 6.34. The van der Waals surface area contributed by atoms with Gasteiger partial charge in [0.05, 0.1) is 25.3 Å². The second kappa shape index (κ2) is 10.8. The Hall–Kier alpha value is -3.59. The molecule has 0 spiro atoms. The third-order valence-electron chi connectivity index (χ3n) is 6.13. The van der Waals surface area contributed by atoms with Crippen LogP contribution in [0.25, 0.3) is 5.76 Å². The van der Waals surface area contributed by atoms with E-state index < -0.39 is 23.7 Å². The van der Waals surface area contributed by atoms with Crippen molar-refractivity contribution < 1.29 is 29.0 Å². The molecular formula is C26H33N3O6. The maximum absolute atomic E-state index is 13.3. The molecular weight excluding hydrogens is 450 g/mol. The van der Waals surface area contributed by atoms with E-state index in [2.05, 4.69) is 4.98 Å². The number of benzene rings is 1. The fourth-order valence-electron chi connectivity index (χ4n) is 4.45. The minimum atomic E-state index is -0.775. The van der Waals surface area contributed by atoms with Crippen molar-refractivity contribution in [1.82, 2.24) is 14.8 Å². The number of esters is 1. The molecule has 2 N–H and O–H groups in total. The number of ether oxygens (including phenoxy) is 2. The summed E-state index contributed by atoms with van der Waals surface area (Å²) in [6.07, 6.45) is 0.655. The number of aromatic nitrogens is 1. The van der Waals surface area contributed by atoms with E-state index in [0.29, 0.717) is 41.1 Å². The highest BCUT2D eigenvalue weighted by Crippen LogP contribution is 2.41. The van der Waals surface area contributed by atoms with Crippen LogP contribution in [0, 0.1) is 13.8 Å². The van der Waals surface area contributed by atoms with Gasteiger partial charge in [0.25, 0.3) is 11.7 Å². The van der Waals surface area contributed by atoms with Crippen LogP contribution in [0.5, 0.6) is 5.75 Å². The first-order chi connectivity index (χ1) is 16.6. The number of hydrogen-bond donors (Lipinski definition) is 2. The topological polar surface area (TPSA) is 112 Å². The Bertz CT molecular complexity index is 1150. The summed E-state index contributed by atoms with van der Waals surface area (Å²) in [5, 5.41) is 11.4. The van der Waals surface area contributed by atoms with Crippen molar-refractivity contribution in [3.05, 3.63) is 57.9 Å². The Morgan fingerprint density at radius 3 is 2.40 bits per heavy atom. The van der Waals surface area contributed by atoms with Gasteiger partial charge in [0.1, 0.15) is 17.2 Å². The molecule has 1 atom stereocenters. The van der Waals surface area contributed by atoms with Crippen molar-refractivity contribution in [2.24, 2.45) is 0 Å². The van der Waals surface area contributed by atoms with Gasteiger partial charge in [-0.3, -0.25) is 9.59 Å². The number of hydrogen-bond acceptors (Lipinski definition) is 7. The average molecular weight is 484 g/mol. The smallest absolute Gasteiger partial charge is 0.355 e. The zero-order chi connectivity index (χ0) is 25.9. The van der Waals surface area contributed by atoms with Crippen molar-refractivity contribution in [3.63, 3.8) is 0 Å². The summed E-state index contributed by atoms with van der Waals surface area (Å²) in [6, 6.07) is 6.29. The summed E-state index contributed by atoms with van der Waals surface area (Å²) in [5.74, 6) is -1.66. The van der Waals surface area contributed by atoms with E-state index in [4.69, 9.17) is 9.47 Å². The Morgan fingerprint density at radius 2 is 1.83 bits per heavy atom. The Labute approximate surface area is 205 Å². The Balaban J connectivity index is 2.15. The molecule has 2 aromatic rings. The third-order valence-corrected chi connectivity index (χ3v) is 6.13. The SMILES string of the molecule is CCOC(=O)c1[nH]c(C)c(C(O)=C2C(=O)C(=O)N(CCCN(C)C)[C@@H]2c2ccc(OC)cc2)c1C. The first-order valence-electron chi connectivity index (χ1n) is 11.6. The molecule has 2 heterocycles. The van der Waals surface area contributed by atoms with Gasteiger partial charge in [-0.1, -0.05) is 12.1 Å². The quantitative estimate of drug-likeness (QED) is 0.244. The van der Waals surface area contributed by atoms with E-state index in [-0.39, 0.29) is 23.6 Å². The van der Waals surface area contributed by atoms with Crippen LogP contribution in [0.2, 0.25) is 0 Å². The molecule has 1 aromatic heterocycles. The van der Waals surface area contributed by atoms with E-state index >= 15 is 0 Å².